The molecule has 174 valence electrons. The van der Waals surface area contributed by atoms with Crippen molar-refractivity contribution in [1.82, 2.24) is 20.1 Å². The topological polar surface area (TPSA) is 98.1 Å². The number of para-hydroxylation sites is 1. The van der Waals surface area contributed by atoms with Gasteiger partial charge in [-0.05, 0) is 51.0 Å². The zero-order chi connectivity index (χ0) is 23.8. The molecule has 2 amide bonds. The van der Waals surface area contributed by atoms with Crippen LogP contribution >= 0.6 is 11.8 Å². The number of aryl methyl sites for hydroxylation is 3. The van der Waals surface area contributed by atoms with Crippen molar-refractivity contribution < 1.29 is 14.3 Å². The lowest BCUT2D eigenvalue weighted by atomic mass is 10.1. The van der Waals surface area contributed by atoms with E-state index in [1.54, 1.807) is 0 Å². The molecule has 0 aliphatic rings. The van der Waals surface area contributed by atoms with Crippen molar-refractivity contribution in [2.45, 2.75) is 45.9 Å². The van der Waals surface area contributed by atoms with Gasteiger partial charge in [0, 0.05) is 12.2 Å². The summed E-state index contributed by atoms with van der Waals surface area (Å²) < 4.78 is 7.58. The van der Waals surface area contributed by atoms with Crippen LogP contribution in [0, 0.1) is 20.8 Å². The second-order valence-electron chi connectivity index (χ2n) is 7.63. The summed E-state index contributed by atoms with van der Waals surface area (Å²) in [6.45, 7) is 8.64. The average Bonchev–Trinajstić information content (AvgIpc) is 3.19. The Morgan fingerprint density at radius 3 is 2.36 bits per heavy atom. The molecule has 0 aliphatic heterocycles. The Bertz CT molecular complexity index is 1090. The number of nitrogens with zero attached hydrogens (tertiary/aromatic N) is 3. The number of carbonyl (C=O) groups is 2. The minimum atomic E-state index is -0.241. The van der Waals surface area contributed by atoms with Crippen LogP contribution in [-0.4, -0.2) is 38.9 Å². The molecule has 33 heavy (non-hydrogen) atoms. The Morgan fingerprint density at radius 2 is 1.70 bits per heavy atom. The van der Waals surface area contributed by atoms with E-state index < -0.39 is 0 Å². The van der Waals surface area contributed by atoms with Crippen LogP contribution in [0.1, 0.15) is 29.4 Å². The zero-order valence-corrected chi connectivity index (χ0v) is 20.2. The maximum absolute atomic E-state index is 12.3. The van der Waals surface area contributed by atoms with E-state index in [0.717, 1.165) is 28.1 Å². The van der Waals surface area contributed by atoms with Gasteiger partial charge in [0.15, 0.2) is 17.6 Å². The highest BCUT2D eigenvalue weighted by atomic mass is 32.2. The predicted octanol–water partition coefficient (Wildman–Crippen LogP) is 3.65. The summed E-state index contributed by atoms with van der Waals surface area (Å²) in [4.78, 5) is 24.5. The van der Waals surface area contributed by atoms with Gasteiger partial charge in [-0.3, -0.25) is 9.59 Å². The summed E-state index contributed by atoms with van der Waals surface area (Å²) in [5, 5.41) is 14.7. The molecule has 1 heterocycles. The van der Waals surface area contributed by atoms with Crippen LogP contribution in [-0.2, 0) is 22.7 Å². The molecule has 2 aromatic carbocycles. The number of ether oxygens (including phenoxy) is 1. The number of hydrogen-bond donors (Lipinski definition) is 2. The van der Waals surface area contributed by atoms with Gasteiger partial charge in [-0.15, -0.1) is 10.2 Å². The number of hydrogen-bond acceptors (Lipinski definition) is 6. The Hall–Kier alpha value is -3.33. The van der Waals surface area contributed by atoms with Crippen LogP contribution < -0.4 is 15.4 Å². The lowest BCUT2D eigenvalue weighted by molar-refractivity contribution is -0.123. The van der Waals surface area contributed by atoms with Gasteiger partial charge in [0.1, 0.15) is 5.75 Å². The SMILES string of the molecule is CCn1c(CNC(=O)COc2c(C)cccc2C)nnc1SCC(=O)Nc1ccc(C)cc1. The molecule has 3 aromatic rings. The van der Waals surface area contributed by atoms with E-state index in [9.17, 15) is 9.59 Å². The van der Waals surface area contributed by atoms with E-state index in [-0.39, 0.29) is 30.7 Å². The molecule has 0 spiro atoms. The van der Waals surface area contributed by atoms with Crippen LogP contribution in [0.25, 0.3) is 0 Å². The molecular weight excluding hydrogens is 438 g/mol. The summed E-state index contributed by atoms with van der Waals surface area (Å²) >= 11 is 1.31. The molecule has 0 atom stereocenters. The van der Waals surface area contributed by atoms with Crippen molar-refractivity contribution in [3.05, 3.63) is 65.0 Å². The third kappa shape index (κ3) is 6.82. The van der Waals surface area contributed by atoms with Crippen molar-refractivity contribution in [1.29, 1.82) is 0 Å². The number of carbonyl (C=O) groups excluding carboxylic acids is 2. The van der Waals surface area contributed by atoms with Crippen LogP contribution in [0.3, 0.4) is 0 Å². The van der Waals surface area contributed by atoms with Gasteiger partial charge in [0.25, 0.3) is 5.91 Å². The summed E-state index contributed by atoms with van der Waals surface area (Å²) in [6, 6.07) is 13.5. The number of benzene rings is 2. The molecule has 9 heteroatoms. The minimum absolute atomic E-state index is 0.0766. The van der Waals surface area contributed by atoms with Gasteiger partial charge in [0.2, 0.25) is 5.91 Å². The third-order valence-electron chi connectivity index (χ3n) is 4.98. The van der Waals surface area contributed by atoms with Crippen LogP contribution in [0.15, 0.2) is 47.6 Å². The first-order valence-corrected chi connectivity index (χ1v) is 11.7. The predicted molar refractivity (Wildman–Crippen MR) is 129 cm³/mol. The van der Waals surface area contributed by atoms with Crippen molar-refractivity contribution in [2.75, 3.05) is 17.7 Å². The van der Waals surface area contributed by atoms with Crippen molar-refractivity contribution in [3.8, 4) is 5.75 Å². The Balaban J connectivity index is 1.49. The molecule has 8 nitrogen and oxygen atoms in total. The van der Waals surface area contributed by atoms with Crippen molar-refractivity contribution in [3.63, 3.8) is 0 Å². The first kappa shape index (κ1) is 24.3. The quantitative estimate of drug-likeness (QED) is 0.442. The Labute approximate surface area is 198 Å². The highest BCUT2D eigenvalue weighted by Crippen LogP contribution is 2.22. The lowest BCUT2D eigenvalue weighted by Crippen LogP contribution is -2.29. The standard InChI is InChI=1S/C24H29N5O3S/c1-5-29-20(13-25-21(30)14-32-23-17(3)7-6-8-18(23)4)27-28-24(29)33-15-22(31)26-19-11-9-16(2)10-12-19/h6-12H,5,13-15H2,1-4H3,(H,25,30)(H,26,31). The second-order valence-corrected chi connectivity index (χ2v) is 8.57. The minimum Gasteiger partial charge on any atom is -0.483 e. The molecule has 0 saturated heterocycles. The number of aromatic nitrogens is 3. The Morgan fingerprint density at radius 1 is 1.00 bits per heavy atom. The first-order chi connectivity index (χ1) is 15.9. The zero-order valence-electron chi connectivity index (χ0n) is 19.3. The van der Waals surface area contributed by atoms with Crippen molar-refractivity contribution >= 4 is 29.3 Å². The van der Waals surface area contributed by atoms with Gasteiger partial charge in [0.05, 0.1) is 12.3 Å². The molecule has 2 N–H and O–H groups in total. The average molecular weight is 468 g/mol. The first-order valence-electron chi connectivity index (χ1n) is 10.7. The maximum atomic E-state index is 12.3. The van der Waals surface area contributed by atoms with E-state index in [1.165, 1.54) is 11.8 Å². The number of rotatable bonds is 10. The molecule has 0 aliphatic carbocycles. The molecule has 0 radical (unpaired) electrons. The van der Waals surface area contributed by atoms with Gasteiger partial charge < -0.3 is 19.9 Å². The number of nitrogens with one attached hydrogen (secondary N) is 2. The number of amides is 2. The van der Waals surface area contributed by atoms with Crippen molar-refractivity contribution in [2.24, 2.45) is 0 Å². The van der Waals surface area contributed by atoms with Crippen LogP contribution in [0.4, 0.5) is 5.69 Å². The third-order valence-corrected chi connectivity index (χ3v) is 5.94. The molecule has 0 bridgehead atoms. The van der Waals surface area contributed by atoms with Gasteiger partial charge in [-0.1, -0.05) is 47.7 Å². The van der Waals surface area contributed by atoms with E-state index in [2.05, 4.69) is 20.8 Å². The van der Waals surface area contributed by atoms with Crippen LogP contribution in [0.5, 0.6) is 5.75 Å². The fourth-order valence-corrected chi connectivity index (χ4v) is 4.05. The lowest BCUT2D eigenvalue weighted by Gasteiger charge is -2.12. The normalized spacial score (nSPS) is 10.7. The van der Waals surface area contributed by atoms with E-state index >= 15 is 0 Å². The highest BCUT2D eigenvalue weighted by Gasteiger charge is 2.15. The van der Waals surface area contributed by atoms with Gasteiger partial charge in [-0.25, -0.2) is 0 Å². The largest absolute Gasteiger partial charge is 0.483 e. The van der Waals surface area contributed by atoms with E-state index in [0.29, 0.717) is 17.5 Å². The number of anilines is 1. The Kier molecular flexibility index (Phi) is 8.48. The van der Waals surface area contributed by atoms with Gasteiger partial charge >= 0.3 is 0 Å². The number of thioether (sulfide) groups is 1. The van der Waals surface area contributed by atoms with E-state index in [1.807, 2.05) is 74.7 Å². The van der Waals surface area contributed by atoms with Crippen LogP contribution in [0.2, 0.25) is 0 Å². The fraction of sp³-hybridized carbons (Fsp3) is 0.333. The summed E-state index contributed by atoms with van der Waals surface area (Å²) in [7, 11) is 0. The maximum Gasteiger partial charge on any atom is 0.258 e. The molecule has 3 rings (SSSR count). The molecule has 0 unspecified atom stereocenters. The fourth-order valence-electron chi connectivity index (χ4n) is 3.23. The monoisotopic (exact) mass is 467 g/mol. The molecular formula is C24H29N5O3S. The van der Waals surface area contributed by atoms with E-state index in [4.69, 9.17) is 4.74 Å². The molecule has 0 fully saturated rings. The van der Waals surface area contributed by atoms with Gasteiger partial charge in [-0.2, -0.15) is 0 Å². The smallest absolute Gasteiger partial charge is 0.258 e. The highest BCUT2D eigenvalue weighted by molar-refractivity contribution is 7.99. The summed E-state index contributed by atoms with van der Waals surface area (Å²) in [6.07, 6.45) is 0. The molecule has 0 saturated carbocycles. The second kappa shape index (κ2) is 11.5. The summed E-state index contributed by atoms with van der Waals surface area (Å²) in [5.41, 5.74) is 3.87. The molecule has 1 aromatic heterocycles. The summed E-state index contributed by atoms with van der Waals surface area (Å²) in [5.74, 6) is 1.21.